The second kappa shape index (κ2) is 5.74. The SMILES string of the molecule is CCCC(C(=O)Nc1cccc2occc12)c1nn[nH]n1. The summed E-state index contributed by atoms with van der Waals surface area (Å²) in [6.45, 7) is 2.01. The first kappa shape index (κ1) is 13.3. The number of carbonyl (C=O) groups excluding carboxylic acids is 1. The third-order valence-electron chi connectivity index (χ3n) is 3.32. The Morgan fingerprint density at radius 2 is 2.33 bits per heavy atom. The number of furan rings is 1. The Morgan fingerprint density at radius 1 is 1.43 bits per heavy atom. The number of aromatic amines is 1. The van der Waals surface area contributed by atoms with Crippen LogP contribution in [0.5, 0.6) is 0 Å². The topological polar surface area (TPSA) is 96.7 Å². The van der Waals surface area contributed by atoms with E-state index in [1.54, 1.807) is 6.26 Å². The van der Waals surface area contributed by atoms with E-state index in [0.717, 1.165) is 23.1 Å². The van der Waals surface area contributed by atoms with Gasteiger partial charge in [0.05, 0.1) is 12.0 Å². The number of rotatable bonds is 5. The quantitative estimate of drug-likeness (QED) is 0.750. The van der Waals surface area contributed by atoms with Crippen molar-refractivity contribution in [3.8, 4) is 0 Å². The lowest BCUT2D eigenvalue weighted by Gasteiger charge is -2.13. The minimum atomic E-state index is -0.420. The Bertz CT molecular complexity index is 735. The van der Waals surface area contributed by atoms with E-state index >= 15 is 0 Å². The summed E-state index contributed by atoms with van der Waals surface area (Å²) in [5.41, 5.74) is 1.45. The highest BCUT2D eigenvalue weighted by atomic mass is 16.3. The molecule has 2 heterocycles. The summed E-state index contributed by atoms with van der Waals surface area (Å²) in [7, 11) is 0. The van der Waals surface area contributed by atoms with Crippen molar-refractivity contribution in [2.75, 3.05) is 5.32 Å². The Labute approximate surface area is 120 Å². The summed E-state index contributed by atoms with van der Waals surface area (Å²) in [6, 6.07) is 7.36. The summed E-state index contributed by atoms with van der Waals surface area (Å²) >= 11 is 0. The van der Waals surface area contributed by atoms with Crippen LogP contribution in [0.25, 0.3) is 11.0 Å². The maximum absolute atomic E-state index is 12.5. The number of nitrogens with zero attached hydrogens (tertiary/aromatic N) is 3. The van der Waals surface area contributed by atoms with Crippen LogP contribution >= 0.6 is 0 Å². The van der Waals surface area contributed by atoms with Gasteiger partial charge in [0.25, 0.3) is 0 Å². The zero-order valence-electron chi connectivity index (χ0n) is 11.5. The molecule has 7 heteroatoms. The van der Waals surface area contributed by atoms with Gasteiger partial charge in [0.1, 0.15) is 11.5 Å². The van der Waals surface area contributed by atoms with E-state index in [1.165, 1.54) is 0 Å². The molecule has 0 aliphatic rings. The van der Waals surface area contributed by atoms with E-state index in [4.69, 9.17) is 4.42 Å². The lowest BCUT2D eigenvalue weighted by atomic mass is 10.0. The second-order valence-electron chi connectivity index (χ2n) is 4.74. The number of nitrogens with one attached hydrogen (secondary N) is 2. The first-order valence-electron chi connectivity index (χ1n) is 6.80. The number of carbonyl (C=O) groups is 1. The van der Waals surface area contributed by atoms with Crippen molar-refractivity contribution in [1.29, 1.82) is 0 Å². The average molecular weight is 285 g/mol. The number of hydrogen-bond acceptors (Lipinski definition) is 5. The van der Waals surface area contributed by atoms with Crippen molar-refractivity contribution < 1.29 is 9.21 Å². The molecule has 3 aromatic rings. The predicted molar refractivity (Wildman–Crippen MR) is 76.7 cm³/mol. The van der Waals surface area contributed by atoms with Crippen molar-refractivity contribution in [2.24, 2.45) is 0 Å². The molecule has 0 saturated heterocycles. The third-order valence-corrected chi connectivity index (χ3v) is 3.32. The fourth-order valence-corrected chi connectivity index (χ4v) is 2.31. The van der Waals surface area contributed by atoms with Crippen LogP contribution in [0, 0.1) is 0 Å². The van der Waals surface area contributed by atoms with Gasteiger partial charge in [-0.05, 0) is 24.6 Å². The van der Waals surface area contributed by atoms with E-state index in [0.29, 0.717) is 12.2 Å². The molecule has 108 valence electrons. The largest absolute Gasteiger partial charge is 0.464 e. The molecular formula is C14H15N5O2. The number of fused-ring (bicyclic) bond motifs is 1. The van der Waals surface area contributed by atoms with Crippen LogP contribution in [-0.4, -0.2) is 26.5 Å². The summed E-state index contributed by atoms with van der Waals surface area (Å²) in [5, 5.41) is 17.6. The molecule has 0 aliphatic heterocycles. The average Bonchev–Trinajstić information content (AvgIpc) is 3.16. The molecule has 0 aliphatic carbocycles. The number of amides is 1. The van der Waals surface area contributed by atoms with E-state index in [1.807, 2.05) is 31.2 Å². The minimum Gasteiger partial charge on any atom is -0.464 e. The van der Waals surface area contributed by atoms with Crippen LogP contribution in [0.15, 0.2) is 34.9 Å². The first-order chi connectivity index (χ1) is 10.3. The summed E-state index contributed by atoms with van der Waals surface area (Å²) in [6.07, 6.45) is 3.11. The molecule has 1 amide bonds. The van der Waals surface area contributed by atoms with Crippen molar-refractivity contribution >= 4 is 22.6 Å². The Balaban J connectivity index is 1.86. The van der Waals surface area contributed by atoms with Crippen LogP contribution in [0.3, 0.4) is 0 Å². The fraction of sp³-hybridized carbons (Fsp3) is 0.286. The summed E-state index contributed by atoms with van der Waals surface area (Å²) in [4.78, 5) is 12.5. The Kier molecular flexibility index (Phi) is 3.63. The van der Waals surface area contributed by atoms with Gasteiger partial charge in [0.15, 0.2) is 5.82 Å². The molecule has 1 atom stereocenters. The lowest BCUT2D eigenvalue weighted by molar-refractivity contribution is -0.117. The van der Waals surface area contributed by atoms with Gasteiger partial charge in [-0.1, -0.05) is 24.6 Å². The molecule has 0 radical (unpaired) electrons. The zero-order chi connectivity index (χ0) is 14.7. The second-order valence-corrected chi connectivity index (χ2v) is 4.74. The van der Waals surface area contributed by atoms with Crippen LogP contribution in [0.1, 0.15) is 31.5 Å². The zero-order valence-corrected chi connectivity index (χ0v) is 11.5. The molecule has 2 N–H and O–H groups in total. The van der Waals surface area contributed by atoms with Crippen LogP contribution in [0.4, 0.5) is 5.69 Å². The molecular weight excluding hydrogens is 270 g/mol. The molecule has 0 fully saturated rings. The highest BCUT2D eigenvalue weighted by Crippen LogP contribution is 2.26. The summed E-state index contributed by atoms with van der Waals surface area (Å²) in [5.74, 6) is -0.156. The van der Waals surface area contributed by atoms with E-state index in [9.17, 15) is 4.79 Å². The van der Waals surface area contributed by atoms with E-state index in [2.05, 4.69) is 25.9 Å². The summed E-state index contributed by atoms with van der Waals surface area (Å²) < 4.78 is 5.33. The van der Waals surface area contributed by atoms with E-state index in [-0.39, 0.29) is 5.91 Å². The molecule has 2 aromatic heterocycles. The number of anilines is 1. The van der Waals surface area contributed by atoms with Gasteiger partial charge in [-0.15, -0.1) is 10.2 Å². The molecule has 21 heavy (non-hydrogen) atoms. The van der Waals surface area contributed by atoms with Crippen molar-refractivity contribution in [2.45, 2.75) is 25.7 Å². The Morgan fingerprint density at radius 3 is 3.10 bits per heavy atom. The monoisotopic (exact) mass is 285 g/mol. The van der Waals surface area contributed by atoms with Crippen molar-refractivity contribution in [3.05, 3.63) is 36.4 Å². The number of aromatic nitrogens is 4. The van der Waals surface area contributed by atoms with E-state index < -0.39 is 5.92 Å². The fourth-order valence-electron chi connectivity index (χ4n) is 2.31. The molecule has 0 saturated carbocycles. The third kappa shape index (κ3) is 2.62. The number of tetrazole rings is 1. The van der Waals surface area contributed by atoms with Gasteiger partial charge in [0.2, 0.25) is 5.91 Å². The van der Waals surface area contributed by atoms with Crippen LogP contribution < -0.4 is 5.32 Å². The van der Waals surface area contributed by atoms with Gasteiger partial charge in [0, 0.05) is 5.39 Å². The van der Waals surface area contributed by atoms with Crippen LogP contribution in [0.2, 0.25) is 0 Å². The van der Waals surface area contributed by atoms with Crippen LogP contribution in [-0.2, 0) is 4.79 Å². The van der Waals surface area contributed by atoms with Gasteiger partial charge in [-0.25, -0.2) is 0 Å². The van der Waals surface area contributed by atoms with Crippen molar-refractivity contribution in [1.82, 2.24) is 20.6 Å². The predicted octanol–water partition coefficient (Wildman–Crippen LogP) is 2.47. The van der Waals surface area contributed by atoms with Gasteiger partial charge in [-0.3, -0.25) is 4.79 Å². The van der Waals surface area contributed by atoms with Gasteiger partial charge in [-0.2, -0.15) is 5.21 Å². The maximum atomic E-state index is 12.5. The number of H-pyrrole nitrogens is 1. The number of hydrogen-bond donors (Lipinski definition) is 2. The Hall–Kier alpha value is -2.70. The maximum Gasteiger partial charge on any atom is 0.235 e. The first-order valence-corrected chi connectivity index (χ1v) is 6.80. The lowest BCUT2D eigenvalue weighted by Crippen LogP contribution is -2.22. The molecule has 7 nitrogen and oxygen atoms in total. The molecule has 0 spiro atoms. The molecule has 1 aromatic carbocycles. The van der Waals surface area contributed by atoms with Gasteiger partial charge >= 0.3 is 0 Å². The highest BCUT2D eigenvalue weighted by molar-refractivity contribution is 6.02. The number of benzene rings is 1. The van der Waals surface area contributed by atoms with Gasteiger partial charge < -0.3 is 9.73 Å². The normalized spacial score (nSPS) is 12.4. The molecule has 0 bridgehead atoms. The molecule has 1 unspecified atom stereocenters. The molecule has 3 rings (SSSR count). The minimum absolute atomic E-state index is 0.146. The smallest absolute Gasteiger partial charge is 0.235 e. The highest BCUT2D eigenvalue weighted by Gasteiger charge is 2.24. The van der Waals surface area contributed by atoms with Crippen molar-refractivity contribution in [3.63, 3.8) is 0 Å². The standard InChI is InChI=1S/C14H15N5O2/c1-2-4-10(13-16-18-19-17-13)14(20)15-11-5-3-6-12-9(11)7-8-21-12/h3,5-8,10H,2,4H2,1H3,(H,15,20)(H,16,17,18,19).